The Morgan fingerprint density at radius 2 is 2.21 bits per heavy atom. The van der Waals surface area contributed by atoms with Gasteiger partial charge in [0.05, 0.1) is 16.1 Å². The lowest BCUT2D eigenvalue weighted by molar-refractivity contribution is 0.0696. The second kappa shape index (κ2) is 3.27. The molecule has 1 heterocycles. The van der Waals surface area contributed by atoms with Gasteiger partial charge in [0.1, 0.15) is 0 Å². The standard InChI is InChI=1S/C10H6ClNO2/c11-8-3-1-2-6-4-7(10(13)14)5-12-9(6)8/h1-5H,(H,13,14). The number of pyridine rings is 1. The Morgan fingerprint density at radius 1 is 1.43 bits per heavy atom. The van der Waals surface area contributed by atoms with Crippen LogP contribution in [0.25, 0.3) is 10.9 Å². The lowest BCUT2D eigenvalue weighted by atomic mass is 10.1. The molecule has 2 aromatic rings. The van der Waals surface area contributed by atoms with E-state index in [9.17, 15) is 4.79 Å². The highest BCUT2D eigenvalue weighted by atomic mass is 35.5. The number of aromatic carboxylic acids is 1. The van der Waals surface area contributed by atoms with E-state index < -0.39 is 5.97 Å². The molecule has 2 rings (SSSR count). The van der Waals surface area contributed by atoms with E-state index >= 15 is 0 Å². The minimum atomic E-state index is -0.987. The highest BCUT2D eigenvalue weighted by Crippen LogP contribution is 2.21. The molecular weight excluding hydrogens is 202 g/mol. The highest BCUT2D eigenvalue weighted by Gasteiger charge is 2.05. The number of aromatic nitrogens is 1. The Kier molecular flexibility index (Phi) is 2.09. The molecule has 0 unspecified atom stereocenters. The van der Waals surface area contributed by atoms with Crippen molar-refractivity contribution in [2.24, 2.45) is 0 Å². The molecule has 14 heavy (non-hydrogen) atoms. The Hall–Kier alpha value is -1.61. The van der Waals surface area contributed by atoms with Gasteiger partial charge in [-0.15, -0.1) is 0 Å². The third-order valence-corrected chi connectivity index (χ3v) is 2.21. The van der Waals surface area contributed by atoms with Gasteiger partial charge in [0.15, 0.2) is 0 Å². The van der Waals surface area contributed by atoms with Gasteiger partial charge in [-0.1, -0.05) is 23.7 Å². The minimum Gasteiger partial charge on any atom is -0.478 e. The molecule has 1 aromatic carbocycles. The fraction of sp³-hybridized carbons (Fsp3) is 0. The van der Waals surface area contributed by atoms with Crippen molar-refractivity contribution in [2.45, 2.75) is 0 Å². The number of carbonyl (C=O) groups is 1. The van der Waals surface area contributed by atoms with Crippen LogP contribution in [0, 0.1) is 0 Å². The van der Waals surface area contributed by atoms with Crippen molar-refractivity contribution < 1.29 is 9.90 Å². The Morgan fingerprint density at radius 3 is 2.93 bits per heavy atom. The summed E-state index contributed by atoms with van der Waals surface area (Å²) in [5, 5.41) is 10.0. The van der Waals surface area contributed by atoms with Crippen molar-refractivity contribution in [1.82, 2.24) is 4.98 Å². The first kappa shape index (κ1) is 8.97. The maximum Gasteiger partial charge on any atom is 0.337 e. The number of rotatable bonds is 1. The van der Waals surface area contributed by atoms with Gasteiger partial charge in [-0.2, -0.15) is 0 Å². The molecule has 0 fully saturated rings. The summed E-state index contributed by atoms with van der Waals surface area (Å²) < 4.78 is 0. The zero-order chi connectivity index (χ0) is 10.1. The maximum atomic E-state index is 10.7. The number of hydrogen-bond acceptors (Lipinski definition) is 2. The molecule has 0 saturated carbocycles. The molecule has 0 amide bonds. The molecule has 0 aliphatic carbocycles. The number of carboxylic acids is 1. The maximum absolute atomic E-state index is 10.7. The smallest absolute Gasteiger partial charge is 0.337 e. The molecule has 1 N–H and O–H groups in total. The van der Waals surface area contributed by atoms with Crippen LogP contribution in [0.2, 0.25) is 5.02 Å². The van der Waals surface area contributed by atoms with Gasteiger partial charge >= 0.3 is 5.97 Å². The Balaban J connectivity index is 2.73. The van der Waals surface area contributed by atoms with Crippen molar-refractivity contribution in [1.29, 1.82) is 0 Å². The molecule has 0 spiro atoms. The van der Waals surface area contributed by atoms with E-state index in [0.29, 0.717) is 10.5 Å². The van der Waals surface area contributed by atoms with Gasteiger partial charge in [0, 0.05) is 11.6 Å². The third-order valence-electron chi connectivity index (χ3n) is 1.91. The predicted octanol–water partition coefficient (Wildman–Crippen LogP) is 2.59. The van der Waals surface area contributed by atoms with E-state index in [1.165, 1.54) is 6.20 Å². The zero-order valence-electron chi connectivity index (χ0n) is 7.07. The molecule has 4 heteroatoms. The number of halogens is 1. The van der Waals surface area contributed by atoms with Crippen molar-refractivity contribution in [3.05, 3.63) is 41.0 Å². The Labute approximate surface area is 85.0 Å². The minimum absolute atomic E-state index is 0.166. The molecule has 70 valence electrons. The Bertz CT molecular complexity index is 510. The van der Waals surface area contributed by atoms with E-state index in [1.807, 2.05) is 0 Å². The van der Waals surface area contributed by atoms with E-state index in [1.54, 1.807) is 24.3 Å². The lowest BCUT2D eigenvalue weighted by Gasteiger charge is -2.00. The summed E-state index contributed by atoms with van der Waals surface area (Å²) in [6, 6.07) is 6.81. The molecular formula is C10H6ClNO2. The number of nitrogens with zero attached hydrogens (tertiary/aromatic N) is 1. The predicted molar refractivity (Wildman–Crippen MR) is 53.7 cm³/mol. The third kappa shape index (κ3) is 1.42. The lowest BCUT2D eigenvalue weighted by Crippen LogP contribution is -1.96. The van der Waals surface area contributed by atoms with Gasteiger partial charge in [0.25, 0.3) is 0 Å². The normalized spacial score (nSPS) is 10.4. The number of para-hydroxylation sites is 1. The average Bonchev–Trinajstić information content (AvgIpc) is 2.17. The van der Waals surface area contributed by atoms with E-state index in [2.05, 4.69) is 4.98 Å². The van der Waals surface area contributed by atoms with Crippen LogP contribution in [-0.2, 0) is 0 Å². The van der Waals surface area contributed by atoms with Crippen molar-refractivity contribution in [3.63, 3.8) is 0 Å². The van der Waals surface area contributed by atoms with Gasteiger partial charge in [-0.25, -0.2) is 4.79 Å². The van der Waals surface area contributed by atoms with Gasteiger partial charge < -0.3 is 5.11 Å². The SMILES string of the molecule is O=C(O)c1cnc2c(Cl)cccc2c1. The fourth-order valence-corrected chi connectivity index (χ4v) is 1.47. The van der Waals surface area contributed by atoms with Crippen LogP contribution >= 0.6 is 11.6 Å². The number of fused-ring (bicyclic) bond motifs is 1. The van der Waals surface area contributed by atoms with E-state index in [4.69, 9.17) is 16.7 Å². The number of hydrogen-bond donors (Lipinski definition) is 1. The first-order valence-corrected chi connectivity index (χ1v) is 4.34. The van der Waals surface area contributed by atoms with Gasteiger partial charge in [0.2, 0.25) is 0 Å². The summed E-state index contributed by atoms with van der Waals surface area (Å²) in [6.07, 6.45) is 1.30. The summed E-state index contributed by atoms with van der Waals surface area (Å²) in [5.41, 5.74) is 0.791. The van der Waals surface area contributed by atoms with Gasteiger partial charge in [-0.3, -0.25) is 4.98 Å². The first-order valence-electron chi connectivity index (χ1n) is 3.96. The fourth-order valence-electron chi connectivity index (χ4n) is 1.24. The first-order chi connectivity index (χ1) is 6.68. The van der Waals surface area contributed by atoms with Crippen molar-refractivity contribution in [3.8, 4) is 0 Å². The summed E-state index contributed by atoms with van der Waals surface area (Å²) in [5.74, 6) is -0.987. The van der Waals surface area contributed by atoms with Crippen molar-refractivity contribution in [2.75, 3.05) is 0 Å². The molecule has 0 aliphatic heterocycles. The quantitative estimate of drug-likeness (QED) is 0.782. The van der Waals surface area contributed by atoms with Crippen LogP contribution in [0.1, 0.15) is 10.4 Å². The molecule has 0 aliphatic rings. The van der Waals surface area contributed by atoms with Crippen LogP contribution in [0.4, 0.5) is 0 Å². The highest BCUT2D eigenvalue weighted by molar-refractivity contribution is 6.35. The zero-order valence-corrected chi connectivity index (χ0v) is 7.82. The molecule has 1 aromatic heterocycles. The summed E-state index contributed by atoms with van der Waals surface area (Å²) >= 11 is 5.88. The monoisotopic (exact) mass is 207 g/mol. The number of carboxylic acid groups (broad SMARTS) is 1. The van der Waals surface area contributed by atoms with Crippen LogP contribution in [0.3, 0.4) is 0 Å². The summed E-state index contributed by atoms with van der Waals surface area (Å²) in [6.45, 7) is 0. The molecule has 0 radical (unpaired) electrons. The largest absolute Gasteiger partial charge is 0.478 e. The summed E-state index contributed by atoms with van der Waals surface area (Å²) in [4.78, 5) is 14.6. The molecule has 3 nitrogen and oxygen atoms in total. The van der Waals surface area contributed by atoms with Crippen LogP contribution in [0.5, 0.6) is 0 Å². The second-order valence-corrected chi connectivity index (χ2v) is 3.25. The van der Waals surface area contributed by atoms with Crippen LogP contribution < -0.4 is 0 Å². The molecule has 0 bridgehead atoms. The van der Waals surface area contributed by atoms with E-state index in [0.717, 1.165) is 5.39 Å². The van der Waals surface area contributed by atoms with Crippen molar-refractivity contribution >= 4 is 28.5 Å². The van der Waals surface area contributed by atoms with Crippen LogP contribution in [0.15, 0.2) is 30.5 Å². The average molecular weight is 208 g/mol. The second-order valence-electron chi connectivity index (χ2n) is 2.84. The van der Waals surface area contributed by atoms with E-state index in [-0.39, 0.29) is 5.56 Å². The van der Waals surface area contributed by atoms with Crippen LogP contribution in [-0.4, -0.2) is 16.1 Å². The summed E-state index contributed by atoms with van der Waals surface area (Å²) in [7, 11) is 0. The topological polar surface area (TPSA) is 50.2 Å². The molecule has 0 saturated heterocycles. The number of benzene rings is 1. The molecule has 0 atom stereocenters. The van der Waals surface area contributed by atoms with Gasteiger partial charge in [-0.05, 0) is 12.1 Å².